The Morgan fingerprint density at radius 3 is 2.55 bits per heavy atom. The topological polar surface area (TPSA) is 64.6 Å². The van der Waals surface area contributed by atoms with E-state index in [0.29, 0.717) is 29.9 Å². The molecule has 5 nitrogen and oxygen atoms in total. The third-order valence-electron chi connectivity index (χ3n) is 4.00. The van der Waals surface area contributed by atoms with Gasteiger partial charge in [0.2, 0.25) is 0 Å². The minimum atomic E-state index is -2.79. The second kappa shape index (κ2) is 9.71. The van der Waals surface area contributed by atoms with Crippen LogP contribution in [0, 0.1) is 11.8 Å². The van der Waals surface area contributed by atoms with Gasteiger partial charge in [-0.25, -0.2) is 8.42 Å². The average Bonchev–Trinajstić information content (AvgIpc) is 2.77. The van der Waals surface area contributed by atoms with Crippen LogP contribution in [-0.2, 0) is 19.3 Å². The van der Waals surface area contributed by atoms with E-state index in [1.165, 1.54) is 0 Å². The zero-order valence-electron chi connectivity index (χ0n) is 12.8. The Labute approximate surface area is 123 Å². The number of methoxy groups -OCH3 is 2. The quantitative estimate of drug-likeness (QED) is 0.579. The highest BCUT2D eigenvalue weighted by Crippen LogP contribution is 2.29. The summed E-state index contributed by atoms with van der Waals surface area (Å²) in [7, 11) is 0.615. The average molecular weight is 307 g/mol. The van der Waals surface area contributed by atoms with Gasteiger partial charge in [-0.15, -0.1) is 0 Å². The predicted octanol–water partition coefficient (Wildman–Crippen LogP) is 1.09. The molecule has 1 aliphatic rings. The first-order valence-electron chi connectivity index (χ1n) is 7.48. The zero-order chi connectivity index (χ0) is 14.8. The summed E-state index contributed by atoms with van der Waals surface area (Å²) in [6.07, 6.45) is 4.04. The second-order valence-corrected chi connectivity index (χ2v) is 7.84. The molecule has 1 saturated heterocycles. The summed E-state index contributed by atoms with van der Waals surface area (Å²) >= 11 is 0. The van der Waals surface area contributed by atoms with Crippen molar-refractivity contribution in [3.05, 3.63) is 0 Å². The molecule has 1 aliphatic heterocycles. The van der Waals surface area contributed by atoms with Crippen molar-refractivity contribution >= 4 is 9.84 Å². The van der Waals surface area contributed by atoms with Crippen LogP contribution in [-0.4, -0.2) is 60.4 Å². The van der Waals surface area contributed by atoms with E-state index < -0.39 is 9.84 Å². The largest absolute Gasteiger partial charge is 0.385 e. The van der Waals surface area contributed by atoms with E-state index in [1.54, 1.807) is 14.2 Å². The van der Waals surface area contributed by atoms with E-state index in [4.69, 9.17) is 9.47 Å². The van der Waals surface area contributed by atoms with Gasteiger partial charge in [0.05, 0.1) is 18.1 Å². The fraction of sp³-hybridized carbons (Fsp3) is 1.00. The summed E-state index contributed by atoms with van der Waals surface area (Å²) in [6, 6.07) is 0. The predicted molar refractivity (Wildman–Crippen MR) is 80.7 cm³/mol. The number of sulfone groups is 1. The number of unbranched alkanes of at least 4 members (excludes halogenated alkanes) is 1. The van der Waals surface area contributed by atoms with Crippen LogP contribution in [0.5, 0.6) is 0 Å². The molecule has 0 aromatic heterocycles. The van der Waals surface area contributed by atoms with Crippen LogP contribution in [0.2, 0.25) is 0 Å². The van der Waals surface area contributed by atoms with E-state index in [1.807, 2.05) is 0 Å². The number of ether oxygens (including phenoxy) is 2. The molecule has 1 rings (SSSR count). The fourth-order valence-corrected chi connectivity index (χ4v) is 4.73. The monoisotopic (exact) mass is 307 g/mol. The molecule has 2 atom stereocenters. The van der Waals surface area contributed by atoms with Crippen LogP contribution in [0.25, 0.3) is 0 Å². The highest BCUT2D eigenvalue weighted by molar-refractivity contribution is 7.91. The van der Waals surface area contributed by atoms with Gasteiger partial charge in [0.1, 0.15) is 0 Å². The smallest absolute Gasteiger partial charge is 0.150 e. The normalized spacial score (nSPS) is 23.0. The lowest BCUT2D eigenvalue weighted by molar-refractivity contribution is 0.184. The molecule has 0 bridgehead atoms. The van der Waals surface area contributed by atoms with E-state index >= 15 is 0 Å². The van der Waals surface area contributed by atoms with Gasteiger partial charge < -0.3 is 14.8 Å². The Balaban J connectivity index is 2.37. The summed E-state index contributed by atoms with van der Waals surface area (Å²) in [6.45, 7) is 3.19. The van der Waals surface area contributed by atoms with Crippen molar-refractivity contribution in [3.8, 4) is 0 Å². The summed E-state index contributed by atoms with van der Waals surface area (Å²) < 4.78 is 33.4. The summed E-state index contributed by atoms with van der Waals surface area (Å²) in [5, 5.41) is 3.38. The van der Waals surface area contributed by atoms with Crippen LogP contribution in [0.4, 0.5) is 0 Å². The van der Waals surface area contributed by atoms with Gasteiger partial charge in [0.15, 0.2) is 9.84 Å². The Bertz CT molecular complexity index is 333. The standard InChI is InChI=1S/C14H29NO4S/c1-18-8-4-3-5-13(11-15-7-9-19-2)14-6-10-20(16,17)12-14/h13-15H,3-12H2,1-2H3. The molecule has 120 valence electrons. The van der Waals surface area contributed by atoms with E-state index in [9.17, 15) is 8.42 Å². The molecule has 0 saturated carbocycles. The highest BCUT2D eigenvalue weighted by Gasteiger charge is 2.33. The fourth-order valence-electron chi connectivity index (χ4n) is 2.81. The van der Waals surface area contributed by atoms with Gasteiger partial charge in [-0.3, -0.25) is 0 Å². The Morgan fingerprint density at radius 1 is 1.20 bits per heavy atom. The van der Waals surface area contributed by atoms with Gasteiger partial charge in [-0.2, -0.15) is 0 Å². The SMILES string of the molecule is COCCCCC(CNCCOC)C1CCS(=O)(=O)C1. The maximum absolute atomic E-state index is 11.6. The maximum atomic E-state index is 11.6. The lowest BCUT2D eigenvalue weighted by Gasteiger charge is -2.23. The minimum Gasteiger partial charge on any atom is -0.385 e. The Morgan fingerprint density at radius 2 is 1.95 bits per heavy atom. The molecule has 2 unspecified atom stereocenters. The van der Waals surface area contributed by atoms with Crippen molar-refractivity contribution in [1.82, 2.24) is 5.32 Å². The summed E-state index contributed by atoms with van der Waals surface area (Å²) in [5.74, 6) is 1.50. The van der Waals surface area contributed by atoms with Crippen LogP contribution in [0.3, 0.4) is 0 Å². The number of nitrogens with one attached hydrogen (secondary N) is 1. The molecule has 0 aromatic carbocycles. The van der Waals surface area contributed by atoms with Gasteiger partial charge in [0.25, 0.3) is 0 Å². The van der Waals surface area contributed by atoms with Crippen molar-refractivity contribution < 1.29 is 17.9 Å². The van der Waals surface area contributed by atoms with Gasteiger partial charge in [-0.1, -0.05) is 6.42 Å². The van der Waals surface area contributed by atoms with Crippen molar-refractivity contribution in [2.75, 3.05) is 52.0 Å². The molecule has 0 aromatic rings. The molecule has 0 radical (unpaired) electrons. The third-order valence-corrected chi connectivity index (χ3v) is 5.79. The van der Waals surface area contributed by atoms with Crippen molar-refractivity contribution in [2.24, 2.45) is 11.8 Å². The molecule has 0 aliphatic carbocycles. The van der Waals surface area contributed by atoms with E-state index in [0.717, 1.165) is 45.4 Å². The Hall–Kier alpha value is -0.170. The second-order valence-electron chi connectivity index (χ2n) is 5.61. The van der Waals surface area contributed by atoms with Gasteiger partial charge in [0, 0.05) is 27.4 Å². The zero-order valence-corrected chi connectivity index (χ0v) is 13.6. The molecule has 0 spiro atoms. The van der Waals surface area contributed by atoms with Crippen LogP contribution < -0.4 is 5.32 Å². The van der Waals surface area contributed by atoms with Crippen molar-refractivity contribution in [1.29, 1.82) is 0 Å². The van der Waals surface area contributed by atoms with E-state index in [2.05, 4.69) is 5.32 Å². The van der Waals surface area contributed by atoms with Crippen molar-refractivity contribution in [2.45, 2.75) is 25.7 Å². The molecule has 0 amide bonds. The lowest BCUT2D eigenvalue weighted by atomic mass is 9.87. The van der Waals surface area contributed by atoms with Crippen LogP contribution >= 0.6 is 0 Å². The highest BCUT2D eigenvalue weighted by atomic mass is 32.2. The van der Waals surface area contributed by atoms with Crippen molar-refractivity contribution in [3.63, 3.8) is 0 Å². The number of hydrogen-bond donors (Lipinski definition) is 1. The minimum absolute atomic E-state index is 0.317. The lowest BCUT2D eigenvalue weighted by Crippen LogP contribution is -2.31. The number of hydrogen-bond acceptors (Lipinski definition) is 5. The molecule has 1 heterocycles. The molecular formula is C14H29NO4S. The van der Waals surface area contributed by atoms with Crippen LogP contribution in [0.15, 0.2) is 0 Å². The van der Waals surface area contributed by atoms with Gasteiger partial charge in [-0.05, 0) is 37.6 Å². The molecular weight excluding hydrogens is 278 g/mol. The first-order chi connectivity index (χ1) is 9.59. The van der Waals surface area contributed by atoms with Gasteiger partial charge >= 0.3 is 0 Å². The first-order valence-corrected chi connectivity index (χ1v) is 9.30. The van der Waals surface area contributed by atoms with E-state index in [-0.39, 0.29) is 0 Å². The number of rotatable bonds is 11. The molecule has 6 heteroatoms. The molecule has 1 N–H and O–H groups in total. The van der Waals surface area contributed by atoms with Crippen LogP contribution in [0.1, 0.15) is 25.7 Å². The Kier molecular flexibility index (Phi) is 8.68. The maximum Gasteiger partial charge on any atom is 0.150 e. The summed E-state index contributed by atoms with van der Waals surface area (Å²) in [4.78, 5) is 0. The summed E-state index contributed by atoms with van der Waals surface area (Å²) in [5.41, 5.74) is 0. The first kappa shape index (κ1) is 17.9. The molecule has 20 heavy (non-hydrogen) atoms. The third kappa shape index (κ3) is 7.02. The molecule has 1 fully saturated rings.